The molecule has 0 saturated carbocycles. The Bertz CT molecular complexity index is 489. The van der Waals surface area contributed by atoms with Crippen LogP contribution in [0.1, 0.15) is 22.3 Å². The molecule has 1 rings (SSSR count). The van der Waals surface area contributed by atoms with Crippen LogP contribution in [0.4, 0.5) is 0 Å². The van der Waals surface area contributed by atoms with Crippen LogP contribution in [0.25, 0.3) is 0 Å². The van der Waals surface area contributed by atoms with E-state index in [0.717, 1.165) is 0 Å². The summed E-state index contributed by atoms with van der Waals surface area (Å²) in [5.41, 5.74) is 1.13. The molecule has 0 spiro atoms. The second-order valence-electron chi connectivity index (χ2n) is 2.42. The highest BCUT2D eigenvalue weighted by Crippen LogP contribution is 2.16. The third-order valence-corrected chi connectivity index (χ3v) is 1.74. The van der Waals surface area contributed by atoms with E-state index in [4.69, 9.17) is 23.4 Å². The second kappa shape index (κ2) is 3.82. The van der Waals surface area contributed by atoms with Gasteiger partial charge in [0.25, 0.3) is 0 Å². The van der Waals surface area contributed by atoms with Crippen molar-refractivity contribution in [3.05, 3.63) is 34.4 Å². The third-order valence-electron chi connectivity index (χ3n) is 1.74. The fourth-order valence-corrected chi connectivity index (χ4v) is 1.08. The van der Waals surface area contributed by atoms with Crippen LogP contribution in [0, 0.1) is 47.3 Å². The van der Waals surface area contributed by atoms with Gasteiger partial charge in [-0.15, -0.1) is 12.8 Å². The van der Waals surface area contributed by atoms with Crippen LogP contribution in [-0.2, 0) is 0 Å². The number of nitriles is 2. The number of terminal acetylenes is 2. The molecule has 14 heavy (non-hydrogen) atoms. The van der Waals surface area contributed by atoms with Crippen molar-refractivity contribution < 1.29 is 0 Å². The Morgan fingerprint density at radius 3 is 1.43 bits per heavy atom. The lowest BCUT2D eigenvalue weighted by Crippen LogP contribution is -1.93. The lowest BCUT2D eigenvalue weighted by molar-refractivity contribution is 1.40. The van der Waals surface area contributed by atoms with Crippen molar-refractivity contribution in [2.45, 2.75) is 0 Å². The molecule has 1 aromatic rings. The fraction of sp³-hybridized carbons (Fsp3) is 0. The average Bonchev–Trinajstić information content (AvgIpc) is 2.26. The summed E-state index contributed by atoms with van der Waals surface area (Å²) in [5.74, 6) is 4.66. The lowest BCUT2D eigenvalue weighted by atomic mass is 9.98. The van der Waals surface area contributed by atoms with Gasteiger partial charge in [-0.2, -0.15) is 10.5 Å². The Balaban J connectivity index is 3.70. The molecule has 1 aromatic carbocycles. The summed E-state index contributed by atoms with van der Waals surface area (Å²) in [5, 5.41) is 17.6. The molecule has 0 N–H and O–H groups in total. The molecule has 62 valence electrons. The second-order valence-corrected chi connectivity index (χ2v) is 2.42. The van der Waals surface area contributed by atoms with Crippen LogP contribution in [0.5, 0.6) is 0 Å². The summed E-state index contributed by atoms with van der Waals surface area (Å²) in [7, 11) is 0. The Morgan fingerprint density at radius 1 is 0.857 bits per heavy atom. The zero-order valence-electron chi connectivity index (χ0n) is 7.20. The molecule has 0 bridgehead atoms. The summed E-state index contributed by atoms with van der Waals surface area (Å²) in [6.45, 7) is 0. The zero-order valence-corrected chi connectivity index (χ0v) is 7.20. The third kappa shape index (κ3) is 1.30. The quantitative estimate of drug-likeness (QED) is 0.561. The molecule has 0 amide bonds. The summed E-state index contributed by atoms with van der Waals surface area (Å²) in [6, 6.07) is 6.89. The van der Waals surface area contributed by atoms with Gasteiger partial charge in [-0.05, 0) is 12.1 Å². The van der Waals surface area contributed by atoms with Crippen LogP contribution >= 0.6 is 0 Å². The van der Waals surface area contributed by atoms with E-state index in [9.17, 15) is 0 Å². The van der Waals surface area contributed by atoms with E-state index in [1.54, 1.807) is 12.1 Å². The first-order valence-corrected chi connectivity index (χ1v) is 3.69. The molecular weight excluding hydrogens is 172 g/mol. The molecule has 0 aromatic heterocycles. The number of hydrogen-bond donors (Lipinski definition) is 0. The summed E-state index contributed by atoms with van der Waals surface area (Å²) >= 11 is 0. The molecule has 2 heteroatoms. The van der Waals surface area contributed by atoms with E-state index in [1.807, 2.05) is 12.1 Å². The maximum Gasteiger partial charge on any atom is 0.102 e. The highest BCUT2D eigenvalue weighted by atomic mass is 14.3. The maximum atomic E-state index is 8.82. The van der Waals surface area contributed by atoms with E-state index < -0.39 is 0 Å². The largest absolute Gasteiger partial charge is 0.192 e. The van der Waals surface area contributed by atoms with Crippen LogP contribution in [0.3, 0.4) is 0 Å². The predicted molar refractivity (Wildman–Crippen MR) is 51.7 cm³/mol. The van der Waals surface area contributed by atoms with E-state index in [2.05, 4.69) is 11.8 Å². The highest BCUT2D eigenvalue weighted by Gasteiger charge is 2.09. The normalized spacial score (nSPS) is 7.71. The SMILES string of the molecule is C#Cc1ccc(C#C)c(C#N)c1C#N. The molecule has 0 heterocycles. The molecule has 0 unspecified atom stereocenters. The van der Waals surface area contributed by atoms with Gasteiger partial charge in [-0.1, -0.05) is 11.8 Å². The van der Waals surface area contributed by atoms with Crippen molar-refractivity contribution in [1.29, 1.82) is 10.5 Å². The predicted octanol–water partition coefficient (Wildman–Crippen LogP) is 1.39. The average molecular weight is 176 g/mol. The molecule has 0 aliphatic heterocycles. The number of benzene rings is 1. The molecule has 0 saturated heterocycles. The van der Waals surface area contributed by atoms with Gasteiger partial charge in [0.2, 0.25) is 0 Å². The number of hydrogen-bond acceptors (Lipinski definition) is 2. The highest BCUT2D eigenvalue weighted by molar-refractivity contribution is 5.62. The van der Waals surface area contributed by atoms with Gasteiger partial charge in [0, 0.05) is 11.1 Å². The van der Waals surface area contributed by atoms with Crippen LogP contribution in [-0.4, -0.2) is 0 Å². The Hall–Kier alpha value is -2.68. The minimum atomic E-state index is 0.172. The van der Waals surface area contributed by atoms with Gasteiger partial charge < -0.3 is 0 Å². The molecule has 0 radical (unpaired) electrons. The molecular formula is C12H4N2. The van der Waals surface area contributed by atoms with Gasteiger partial charge in [-0.25, -0.2) is 0 Å². The van der Waals surface area contributed by atoms with Gasteiger partial charge >= 0.3 is 0 Å². The molecule has 0 fully saturated rings. The van der Waals surface area contributed by atoms with Gasteiger partial charge in [-0.3, -0.25) is 0 Å². The van der Waals surface area contributed by atoms with Crippen molar-refractivity contribution in [2.75, 3.05) is 0 Å². The van der Waals surface area contributed by atoms with Crippen molar-refractivity contribution in [2.24, 2.45) is 0 Å². The van der Waals surface area contributed by atoms with E-state index >= 15 is 0 Å². The summed E-state index contributed by atoms with van der Waals surface area (Å²) in [6.07, 6.45) is 10.4. The maximum absolute atomic E-state index is 8.82. The molecule has 0 aliphatic carbocycles. The van der Waals surface area contributed by atoms with Gasteiger partial charge in [0.1, 0.15) is 12.1 Å². The topological polar surface area (TPSA) is 47.6 Å². The van der Waals surface area contributed by atoms with E-state index in [-0.39, 0.29) is 11.1 Å². The van der Waals surface area contributed by atoms with Crippen molar-refractivity contribution in [3.8, 4) is 36.8 Å². The summed E-state index contributed by atoms with van der Waals surface area (Å²) < 4.78 is 0. The smallest absolute Gasteiger partial charge is 0.102 e. The molecule has 2 nitrogen and oxygen atoms in total. The Kier molecular flexibility index (Phi) is 2.57. The van der Waals surface area contributed by atoms with E-state index in [0.29, 0.717) is 11.1 Å². The van der Waals surface area contributed by atoms with Gasteiger partial charge in [0.05, 0.1) is 11.1 Å². The van der Waals surface area contributed by atoms with Crippen LogP contribution in [0.2, 0.25) is 0 Å². The first-order valence-electron chi connectivity index (χ1n) is 3.69. The van der Waals surface area contributed by atoms with Crippen molar-refractivity contribution in [3.63, 3.8) is 0 Å². The van der Waals surface area contributed by atoms with Crippen LogP contribution < -0.4 is 0 Å². The number of nitrogens with zero attached hydrogens (tertiary/aromatic N) is 2. The molecule has 0 atom stereocenters. The Labute approximate surface area is 82.4 Å². The monoisotopic (exact) mass is 176 g/mol. The van der Waals surface area contributed by atoms with E-state index in [1.165, 1.54) is 0 Å². The van der Waals surface area contributed by atoms with Crippen molar-refractivity contribution in [1.82, 2.24) is 0 Å². The lowest BCUT2D eigenvalue weighted by Gasteiger charge is -2.00. The zero-order chi connectivity index (χ0) is 10.6. The minimum Gasteiger partial charge on any atom is -0.192 e. The van der Waals surface area contributed by atoms with Gasteiger partial charge in [0.15, 0.2) is 0 Å². The summed E-state index contributed by atoms with van der Waals surface area (Å²) in [4.78, 5) is 0. The van der Waals surface area contributed by atoms with Crippen LogP contribution in [0.15, 0.2) is 12.1 Å². The minimum absolute atomic E-state index is 0.172. The standard InChI is InChI=1S/C12H4N2/c1-3-9-5-6-10(4-2)12(8-14)11(9)7-13/h1-2,5-6H. The first kappa shape index (κ1) is 9.41. The van der Waals surface area contributed by atoms with Crippen molar-refractivity contribution >= 4 is 0 Å². The first-order chi connectivity index (χ1) is 6.78. The Morgan fingerprint density at radius 2 is 1.21 bits per heavy atom. The molecule has 0 aliphatic rings. The fourth-order valence-electron chi connectivity index (χ4n) is 1.08. The number of rotatable bonds is 0.